The van der Waals surface area contributed by atoms with Gasteiger partial charge in [-0.1, -0.05) is 38.5 Å². The summed E-state index contributed by atoms with van der Waals surface area (Å²) in [6.45, 7) is 4.39. The Labute approximate surface area is 147 Å². The number of benzene rings is 2. The molecule has 0 bridgehead atoms. The Kier molecular flexibility index (Phi) is 4.51. The molecule has 1 aliphatic rings. The molecule has 1 heterocycles. The molecule has 2 aromatic rings. The molecule has 7 heteroatoms. The second-order valence-corrected chi connectivity index (χ2v) is 8.27. The topological polar surface area (TPSA) is 89.9 Å². The Hall–Kier alpha value is -2.41. The number of hydrogen-bond donors (Lipinski definition) is 3. The minimum Gasteiger partial charge on any atom is -0.506 e. The zero-order chi connectivity index (χ0) is 18.2. The number of rotatable bonds is 5. The first-order chi connectivity index (χ1) is 11.8. The number of aryl methyl sites for hydroxylation is 1. The third-order valence-electron chi connectivity index (χ3n) is 4.21. The van der Waals surface area contributed by atoms with Crippen LogP contribution in [0.4, 0.5) is 5.69 Å². The summed E-state index contributed by atoms with van der Waals surface area (Å²) in [5, 5.41) is 21.3. The van der Waals surface area contributed by atoms with E-state index in [1.165, 1.54) is 11.6 Å². The molecule has 134 valence electrons. The highest BCUT2D eigenvalue weighted by atomic mass is 32.2. The van der Waals surface area contributed by atoms with Crippen LogP contribution in [0, 0.1) is 5.92 Å². The first-order valence-corrected chi connectivity index (χ1v) is 9.69. The van der Waals surface area contributed by atoms with Gasteiger partial charge in [0.15, 0.2) is 0 Å². The quantitative estimate of drug-likeness (QED) is 0.759. The minimum atomic E-state index is -3.93. The first kappa shape index (κ1) is 17.4. The smallest absolute Gasteiger partial charge is 0.330 e. The standard InChI is InChI=1S/C18H22N2O4S/c1-12(2)4-3-5-13-6-7-14-10-17(21)16(9-15(14)8-13)20-11-18(22)19-25(20,23)24/h6-12,19,21-22H,3-5H2,1-2H3. The van der Waals surface area contributed by atoms with Crippen LogP contribution in [0.2, 0.25) is 0 Å². The van der Waals surface area contributed by atoms with Gasteiger partial charge in [-0.05, 0) is 47.2 Å². The number of anilines is 1. The largest absolute Gasteiger partial charge is 0.506 e. The molecule has 0 radical (unpaired) electrons. The Bertz CT molecular complexity index is 935. The number of phenolic OH excluding ortho intramolecular Hbond substituents is 1. The van der Waals surface area contributed by atoms with E-state index in [1.807, 2.05) is 22.9 Å². The van der Waals surface area contributed by atoms with Crippen molar-refractivity contribution in [1.29, 1.82) is 0 Å². The average Bonchev–Trinajstić information content (AvgIpc) is 2.79. The van der Waals surface area contributed by atoms with Crippen LogP contribution in [0.15, 0.2) is 42.4 Å². The molecular formula is C18H22N2O4S. The number of aromatic hydroxyl groups is 1. The van der Waals surface area contributed by atoms with Gasteiger partial charge in [0.25, 0.3) is 0 Å². The van der Waals surface area contributed by atoms with Crippen LogP contribution in [0.1, 0.15) is 32.3 Å². The molecule has 0 aliphatic carbocycles. The summed E-state index contributed by atoms with van der Waals surface area (Å²) in [7, 11) is -3.93. The van der Waals surface area contributed by atoms with Crippen LogP contribution in [0.25, 0.3) is 10.8 Å². The summed E-state index contributed by atoms with van der Waals surface area (Å²) < 4.78 is 26.9. The normalized spacial score (nSPS) is 16.3. The molecule has 0 aromatic heterocycles. The van der Waals surface area contributed by atoms with Crippen molar-refractivity contribution >= 4 is 26.7 Å². The summed E-state index contributed by atoms with van der Waals surface area (Å²) in [5.41, 5.74) is 1.27. The number of fused-ring (bicyclic) bond motifs is 1. The van der Waals surface area contributed by atoms with Crippen molar-refractivity contribution < 1.29 is 18.6 Å². The van der Waals surface area contributed by atoms with Gasteiger partial charge in [-0.25, -0.2) is 9.03 Å². The molecule has 1 aliphatic heterocycles. The van der Waals surface area contributed by atoms with Crippen molar-refractivity contribution in [2.75, 3.05) is 4.31 Å². The highest BCUT2D eigenvalue weighted by molar-refractivity contribution is 7.91. The lowest BCUT2D eigenvalue weighted by Gasteiger charge is -2.16. The van der Waals surface area contributed by atoms with Crippen molar-refractivity contribution in [3.05, 3.63) is 48.0 Å². The van der Waals surface area contributed by atoms with E-state index in [4.69, 9.17) is 0 Å². The minimum absolute atomic E-state index is 0.100. The first-order valence-electron chi connectivity index (χ1n) is 8.25. The van der Waals surface area contributed by atoms with Gasteiger partial charge < -0.3 is 10.2 Å². The number of aliphatic hydroxyl groups excluding tert-OH is 1. The Balaban J connectivity index is 1.96. The second-order valence-electron chi connectivity index (χ2n) is 6.73. The SMILES string of the molecule is CC(C)CCCc1ccc2cc(O)c(N3C=C(O)NS3(=O)=O)cc2c1. The van der Waals surface area contributed by atoms with Gasteiger partial charge in [-0.15, -0.1) is 0 Å². The predicted octanol–water partition coefficient (Wildman–Crippen LogP) is 3.54. The van der Waals surface area contributed by atoms with Crippen molar-refractivity contribution in [3.8, 4) is 5.75 Å². The zero-order valence-electron chi connectivity index (χ0n) is 14.2. The summed E-state index contributed by atoms with van der Waals surface area (Å²) in [4.78, 5) is 0. The fourth-order valence-electron chi connectivity index (χ4n) is 2.96. The predicted molar refractivity (Wildman–Crippen MR) is 98.6 cm³/mol. The Morgan fingerprint density at radius 1 is 1.12 bits per heavy atom. The van der Waals surface area contributed by atoms with Gasteiger partial charge in [0.1, 0.15) is 11.4 Å². The third kappa shape index (κ3) is 3.66. The molecule has 0 fully saturated rings. The van der Waals surface area contributed by atoms with E-state index < -0.39 is 16.1 Å². The van der Waals surface area contributed by atoms with Crippen molar-refractivity contribution in [2.24, 2.45) is 5.92 Å². The van der Waals surface area contributed by atoms with E-state index in [-0.39, 0.29) is 11.4 Å². The summed E-state index contributed by atoms with van der Waals surface area (Å²) in [5.74, 6) is 0.00894. The van der Waals surface area contributed by atoms with Crippen LogP contribution in [0.5, 0.6) is 5.75 Å². The van der Waals surface area contributed by atoms with Crippen LogP contribution in [-0.2, 0) is 16.6 Å². The maximum atomic E-state index is 12.0. The van der Waals surface area contributed by atoms with Crippen LogP contribution >= 0.6 is 0 Å². The summed E-state index contributed by atoms with van der Waals surface area (Å²) >= 11 is 0. The van der Waals surface area contributed by atoms with E-state index >= 15 is 0 Å². The van der Waals surface area contributed by atoms with Crippen molar-refractivity contribution in [1.82, 2.24) is 4.72 Å². The zero-order valence-corrected chi connectivity index (χ0v) is 15.0. The lowest BCUT2D eigenvalue weighted by molar-refractivity contribution is 0.392. The van der Waals surface area contributed by atoms with Gasteiger partial charge in [0.2, 0.25) is 5.88 Å². The highest BCUT2D eigenvalue weighted by Gasteiger charge is 2.30. The van der Waals surface area contributed by atoms with E-state index in [1.54, 1.807) is 6.07 Å². The van der Waals surface area contributed by atoms with E-state index in [2.05, 4.69) is 13.8 Å². The van der Waals surface area contributed by atoms with Crippen molar-refractivity contribution in [2.45, 2.75) is 33.1 Å². The highest BCUT2D eigenvalue weighted by Crippen LogP contribution is 2.36. The lowest BCUT2D eigenvalue weighted by atomic mass is 9.99. The molecule has 0 saturated heterocycles. The maximum Gasteiger partial charge on any atom is 0.330 e. The van der Waals surface area contributed by atoms with Crippen molar-refractivity contribution in [3.63, 3.8) is 0 Å². The number of aliphatic hydroxyl groups is 1. The molecule has 0 spiro atoms. The number of hydrogen-bond acceptors (Lipinski definition) is 4. The van der Waals surface area contributed by atoms with Gasteiger partial charge in [0.05, 0.1) is 6.20 Å². The molecular weight excluding hydrogens is 340 g/mol. The van der Waals surface area contributed by atoms with Gasteiger partial charge in [-0.3, -0.25) is 0 Å². The molecule has 3 N–H and O–H groups in total. The maximum absolute atomic E-state index is 12.0. The molecule has 0 atom stereocenters. The third-order valence-corrected chi connectivity index (χ3v) is 5.50. The number of nitrogens with one attached hydrogen (secondary N) is 1. The van der Waals surface area contributed by atoms with Crippen LogP contribution in [0.3, 0.4) is 0 Å². The molecule has 0 unspecified atom stereocenters. The van der Waals surface area contributed by atoms with Gasteiger partial charge >= 0.3 is 10.2 Å². The van der Waals surface area contributed by atoms with E-state index in [0.717, 1.165) is 40.5 Å². The lowest BCUT2D eigenvalue weighted by Crippen LogP contribution is -2.29. The fraction of sp³-hybridized carbons (Fsp3) is 0.333. The molecule has 25 heavy (non-hydrogen) atoms. The number of phenols is 1. The molecule has 2 aromatic carbocycles. The van der Waals surface area contributed by atoms with Gasteiger partial charge in [-0.2, -0.15) is 8.42 Å². The Morgan fingerprint density at radius 2 is 1.88 bits per heavy atom. The second kappa shape index (κ2) is 6.48. The molecule has 0 saturated carbocycles. The van der Waals surface area contributed by atoms with Gasteiger partial charge in [0, 0.05) is 0 Å². The van der Waals surface area contributed by atoms with Crippen LogP contribution < -0.4 is 9.03 Å². The van der Waals surface area contributed by atoms with Crippen LogP contribution in [-0.4, -0.2) is 18.6 Å². The van der Waals surface area contributed by atoms with E-state index in [0.29, 0.717) is 5.92 Å². The average molecular weight is 362 g/mol. The summed E-state index contributed by atoms with van der Waals surface area (Å²) in [6.07, 6.45) is 4.23. The Morgan fingerprint density at radius 3 is 2.52 bits per heavy atom. The molecule has 3 rings (SSSR count). The molecule has 0 amide bonds. The summed E-state index contributed by atoms with van der Waals surface area (Å²) in [6, 6.07) is 9.11. The molecule has 6 nitrogen and oxygen atoms in total. The number of nitrogens with zero attached hydrogens (tertiary/aromatic N) is 1. The van der Waals surface area contributed by atoms with E-state index in [9.17, 15) is 18.6 Å². The fourth-order valence-corrected chi connectivity index (χ4v) is 4.02. The monoisotopic (exact) mass is 362 g/mol.